The number of nitrogens with zero attached hydrogens (tertiary/aromatic N) is 4. The Morgan fingerprint density at radius 1 is 1.47 bits per heavy atom. The Kier molecular flexibility index (Phi) is 4.33. The summed E-state index contributed by atoms with van der Waals surface area (Å²) < 4.78 is 2.66. The molecular weight excluding hydrogens is 306 g/mol. The first-order valence-electron chi connectivity index (χ1n) is 5.15. The van der Waals surface area contributed by atoms with Crippen molar-refractivity contribution in [1.82, 2.24) is 20.0 Å². The topological polar surface area (TPSA) is 55.6 Å². The van der Waals surface area contributed by atoms with Crippen LogP contribution in [0, 0.1) is 0 Å². The molecule has 0 atom stereocenters. The van der Waals surface area contributed by atoms with Crippen LogP contribution in [-0.4, -0.2) is 26.5 Å². The Hall–Kier alpha value is -1.14. The Bertz CT molecular complexity index is 474. The van der Waals surface area contributed by atoms with Gasteiger partial charge in [-0.1, -0.05) is 16.8 Å². The summed E-state index contributed by atoms with van der Waals surface area (Å²) >= 11 is 9.21. The van der Waals surface area contributed by atoms with Gasteiger partial charge in [0, 0.05) is 25.5 Å². The maximum absolute atomic E-state index is 5.81. The first-order chi connectivity index (χ1) is 8.25. The van der Waals surface area contributed by atoms with E-state index < -0.39 is 0 Å². The molecule has 0 spiro atoms. The van der Waals surface area contributed by atoms with Crippen LogP contribution in [-0.2, 0) is 6.54 Å². The summed E-state index contributed by atoms with van der Waals surface area (Å²) in [6.45, 7) is 1.64. The van der Waals surface area contributed by atoms with Gasteiger partial charge >= 0.3 is 0 Å². The Balaban J connectivity index is 1.78. The van der Waals surface area contributed by atoms with Gasteiger partial charge in [-0.3, -0.25) is 4.68 Å². The van der Waals surface area contributed by atoms with Gasteiger partial charge in [0.1, 0.15) is 5.82 Å². The SMILES string of the molecule is Clc1cnc(NCCCn2ccnn2)c(Br)c1. The lowest BCUT2D eigenvalue weighted by Gasteiger charge is -2.07. The van der Waals surface area contributed by atoms with Gasteiger partial charge in [-0.25, -0.2) is 4.98 Å². The molecule has 0 bridgehead atoms. The standard InChI is InChI=1S/C10H11BrClN5/c11-9-6-8(12)7-14-10(9)13-2-1-4-17-5-3-15-16-17/h3,5-7H,1-2,4H2,(H,13,14). The molecule has 0 saturated heterocycles. The summed E-state index contributed by atoms with van der Waals surface area (Å²) in [5.74, 6) is 0.799. The van der Waals surface area contributed by atoms with Crippen molar-refractivity contribution in [1.29, 1.82) is 0 Å². The molecule has 90 valence electrons. The summed E-state index contributed by atoms with van der Waals surface area (Å²) in [7, 11) is 0. The van der Waals surface area contributed by atoms with Crippen molar-refractivity contribution >= 4 is 33.3 Å². The van der Waals surface area contributed by atoms with E-state index in [0.29, 0.717) is 5.02 Å². The van der Waals surface area contributed by atoms with Crippen molar-refractivity contribution < 1.29 is 0 Å². The van der Waals surface area contributed by atoms with Crippen LogP contribution in [0.5, 0.6) is 0 Å². The van der Waals surface area contributed by atoms with Crippen molar-refractivity contribution in [2.75, 3.05) is 11.9 Å². The van der Waals surface area contributed by atoms with Crippen molar-refractivity contribution in [3.05, 3.63) is 34.2 Å². The molecule has 0 aromatic carbocycles. The predicted molar refractivity (Wildman–Crippen MR) is 70.1 cm³/mol. The summed E-state index contributed by atoms with van der Waals surface area (Å²) in [6, 6.07) is 1.81. The number of hydrogen-bond donors (Lipinski definition) is 1. The number of halogens is 2. The van der Waals surface area contributed by atoms with Crippen LogP contribution in [0.1, 0.15) is 6.42 Å². The number of aryl methyl sites for hydroxylation is 1. The Labute approximate surface area is 112 Å². The molecule has 2 heterocycles. The van der Waals surface area contributed by atoms with Crippen molar-refractivity contribution in [2.24, 2.45) is 0 Å². The quantitative estimate of drug-likeness (QED) is 0.862. The number of rotatable bonds is 5. The van der Waals surface area contributed by atoms with Crippen LogP contribution in [0.2, 0.25) is 5.02 Å². The van der Waals surface area contributed by atoms with Crippen LogP contribution in [0.3, 0.4) is 0 Å². The minimum Gasteiger partial charge on any atom is -0.369 e. The molecule has 0 aliphatic heterocycles. The first-order valence-corrected chi connectivity index (χ1v) is 6.32. The molecular formula is C10H11BrClN5. The van der Waals surface area contributed by atoms with E-state index >= 15 is 0 Å². The Morgan fingerprint density at radius 3 is 3.06 bits per heavy atom. The average Bonchev–Trinajstić information content (AvgIpc) is 2.79. The van der Waals surface area contributed by atoms with E-state index in [9.17, 15) is 0 Å². The highest BCUT2D eigenvalue weighted by molar-refractivity contribution is 9.10. The minimum atomic E-state index is 0.616. The summed E-state index contributed by atoms with van der Waals surface area (Å²) in [6.07, 6.45) is 6.08. The highest BCUT2D eigenvalue weighted by atomic mass is 79.9. The van der Waals surface area contributed by atoms with Gasteiger partial charge in [0.15, 0.2) is 0 Å². The molecule has 2 rings (SSSR count). The van der Waals surface area contributed by atoms with Crippen LogP contribution < -0.4 is 5.32 Å². The second-order valence-electron chi connectivity index (χ2n) is 3.43. The summed E-state index contributed by atoms with van der Waals surface area (Å²) in [5, 5.41) is 11.5. The highest BCUT2D eigenvalue weighted by Crippen LogP contribution is 2.22. The third kappa shape index (κ3) is 3.67. The fourth-order valence-electron chi connectivity index (χ4n) is 1.34. The maximum Gasteiger partial charge on any atom is 0.140 e. The minimum absolute atomic E-state index is 0.616. The number of pyridine rings is 1. The van der Waals surface area contributed by atoms with E-state index in [1.165, 1.54) is 0 Å². The lowest BCUT2D eigenvalue weighted by atomic mass is 10.4. The smallest absolute Gasteiger partial charge is 0.140 e. The van der Waals surface area contributed by atoms with Crippen LogP contribution >= 0.6 is 27.5 Å². The van der Waals surface area contributed by atoms with Crippen molar-refractivity contribution in [3.8, 4) is 0 Å². The zero-order valence-electron chi connectivity index (χ0n) is 8.98. The molecule has 0 aliphatic carbocycles. The van der Waals surface area contributed by atoms with E-state index in [4.69, 9.17) is 11.6 Å². The molecule has 0 radical (unpaired) electrons. The molecule has 17 heavy (non-hydrogen) atoms. The van der Waals surface area contributed by atoms with E-state index in [0.717, 1.165) is 29.8 Å². The van der Waals surface area contributed by atoms with Gasteiger partial charge in [-0.2, -0.15) is 0 Å². The van der Waals surface area contributed by atoms with Gasteiger partial charge in [-0.15, -0.1) is 5.10 Å². The van der Waals surface area contributed by atoms with Gasteiger partial charge in [0.2, 0.25) is 0 Å². The first kappa shape index (κ1) is 12.3. The van der Waals surface area contributed by atoms with E-state index in [1.807, 2.05) is 12.3 Å². The van der Waals surface area contributed by atoms with Gasteiger partial charge in [0.05, 0.1) is 15.7 Å². The molecule has 2 aromatic heterocycles. The molecule has 7 heteroatoms. The lowest BCUT2D eigenvalue weighted by Crippen LogP contribution is -2.08. The van der Waals surface area contributed by atoms with Gasteiger partial charge in [0.25, 0.3) is 0 Å². The largest absolute Gasteiger partial charge is 0.369 e. The lowest BCUT2D eigenvalue weighted by molar-refractivity contribution is 0.569. The predicted octanol–water partition coefficient (Wildman–Crippen LogP) is 2.59. The summed E-state index contributed by atoms with van der Waals surface area (Å²) in [5.41, 5.74) is 0. The normalized spacial score (nSPS) is 10.5. The van der Waals surface area contributed by atoms with Crippen LogP contribution in [0.15, 0.2) is 29.1 Å². The fourth-order valence-corrected chi connectivity index (χ4v) is 2.12. The fraction of sp³-hybridized carbons (Fsp3) is 0.300. The molecule has 1 N–H and O–H groups in total. The van der Waals surface area contributed by atoms with Gasteiger partial charge in [-0.05, 0) is 28.4 Å². The summed E-state index contributed by atoms with van der Waals surface area (Å²) in [4.78, 5) is 4.19. The monoisotopic (exact) mass is 315 g/mol. The second-order valence-corrected chi connectivity index (χ2v) is 4.72. The third-order valence-corrected chi connectivity index (χ3v) is 2.95. The number of aromatic nitrogens is 4. The van der Waals surface area contributed by atoms with E-state index in [1.54, 1.807) is 17.1 Å². The molecule has 2 aromatic rings. The van der Waals surface area contributed by atoms with E-state index in [2.05, 4.69) is 36.5 Å². The second kappa shape index (κ2) is 5.97. The average molecular weight is 317 g/mol. The van der Waals surface area contributed by atoms with Crippen molar-refractivity contribution in [2.45, 2.75) is 13.0 Å². The van der Waals surface area contributed by atoms with Crippen LogP contribution in [0.4, 0.5) is 5.82 Å². The third-order valence-electron chi connectivity index (χ3n) is 2.14. The maximum atomic E-state index is 5.81. The molecule has 0 unspecified atom stereocenters. The van der Waals surface area contributed by atoms with Crippen molar-refractivity contribution in [3.63, 3.8) is 0 Å². The van der Waals surface area contributed by atoms with Crippen LogP contribution in [0.25, 0.3) is 0 Å². The zero-order chi connectivity index (χ0) is 12.1. The van der Waals surface area contributed by atoms with E-state index in [-0.39, 0.29) is 0 Å². The molecule has 0 aliphatic rings. The highest BCUT2D eigenvalue weighted by Gasteiger charge is 2.01. The molecule has 0 amide bonds. The molecule has 0 fully saturated rings. The van der Waals surface area contributed by atoms with Gasteiger partial charge < -0.3 is 5.32 Å². The molecule has 5 nitrogen and oxygen atoms in total. The number of hydrogen-bond acceptors (Lipinski definition) is 4. The number of anilines is 1. The molecule has 0 saturated carbocycles. The Morgan fingerprint density at radius 2 is 2.35 bits per heavy atom. The number of nitrogens with one attached hydrogen (secondary N) is 1. The zero-order valence-corrected chi connectivity index (χ0v) is 11.3.